The van der Waals surface area contributed by atoms with Crippen LogP contribution >= 0.6 is 11.6 Å². The summed E-state index contributed by atoms with van der Waals surface area (Å²) in [5.74, 6) is 1.71. The van der Waals surface area contributed by atoms with E-state index in [1.54, 1.807) is 0 Å². The number of carbonyl (C=O) groups is 1. The zero-order valence-corrected chi connectivity index (χ0v) is 19.3. The minimum atomic E-state index is -0.436. The number of amides is 1. The maximum absolute atomic E-state index is 12.9. The lowest BCUT2D eigenvalue weighted by Crippen LogP contribution is -2.45. The van der Waals surface area contributed by atoms with E-state index in [1.165, 1.54) is 0 Å². The lowest BCUT2D eigenvalue weighted by Gasteiger charge is -2.33. The monoisotopic (exact) mass is 429 g/mol. The topological polar surface area (TPSA) is 70.2 Å². The molecule has 2 aromatic rings. The summed E-state index contributed by atoms with van der Waals surface area (Å²) >= 11 is 5.99. The molecular weight excluding hydrogens is 398 g/mol. The summed E-state index contributed by atoms with van der Waals surface area (Å²) in [6.45, 7) is 6.03. The molecule has 1 heterocycles. The fourth-order valence-corrected chi connectivity index (χ4v) is 4.00. The van der Waals surface area contributed by atoms with Crippen molar-refractivity contribution >= 4 is 29.3 Å². The van der Waals surface area contributed by atoms with Gasteiger partial charge in [0.1, 0.15) is 5.82 Å². The van der Waals surface area contributed by atoms with E-state index < -0.39 is 5.54 Å². The molecule has 7 heteroatoms. The van der Waals surface area contributed by atoms with Crippen LogP contribution in [0.1, 0.15) is 50.8 Å². The van der Waals surface area contributed by atoms with E-state index in [0.29, 0.717) is 11.0 Å². The number of nitrogens with zero attached hydrogens (tertiary/aromatic N) is 3. The predicted octanol–water partition coefficient (Wildman–Crippen LogP) is 4.53. The third-order valence-corrected chi connectivity index (χ3v) is 5.98. The number of benzene rings is 1. The maximum Gasteiger partial charge on any atom is 0.225 e. The highest BCUT2D eigenvalue weighted by Crippen LogP contribution is 2.29. The highest BCUT2D eigenvalue weighted by Gasteiger charge is 2.31. The number of halogens is 1. The van der Waals surface area contributed by atoms with Crippen molar-refractivity contribution in [2.24, 2.45) is 5.92 Å². The zero-order chi connectivity index (χ0) is 21.9. The molecule has 0 unspecified atom stereocenters. The third kappa shape index (κ3) is 5.63. The molecule has 162 valence electrons. The number of aryl methyl sites for hydroxylation is 1. The molecule has 30 heavy (non-hydrogen) atoms. The predicted molar refractivity (Wildman–Crippen MR) is 123 cm³/mol. The van der Waals surface area contributed by atoms with Gasteiger partial charge in [-0.3, -0.25) is 4.79 Å². The largest absolute Gasteiger partial charge is 0.363 e. The Balaban J connectivity index is 1.55. The molecule has 0 spiro atoms. The Morgan fingerprint density at radius 3 is 2.33 bits per heavy atom. The van der Waals surface area contributed by atoms with Crippen LogP contribution < -0.4 is 15.5 Å². The molecule has 2 N–H and O–H groups in total. The van der Waals surface area contributed by atoms with Gasteiger partial charge < -0.3 is 15.5 Å². The average Bonchev–Trinajstić information content (AvgIpc) is 2.68. The fraction of sp³-hybridized carbons (Fsp3) is 0.522. The molecule has 1 saturated carbocycles. The third-order valence-electron chi connectivity index (χ3n) is 5.73. The molecule has 3 rings (SSSR count). The molecule has 0 radical (unpaired) electrons. The first kappa shape index (κ1) is 22.3. The van der Waals surface area contributed by atoms with Crippen LogP contribution in [0.25, 0.3) is 0 Å². The number of hydrogen-bond donors (Lipinski definition) is 2. The van der Waals surface area contributed by atoms with Crippen molar-refractivity contribution in [3.8, 4) is 0 Å². The van der Waals surface area contributed by atoms with Crippen molar-refractivity contribution in [2.75, 3.05) is 24.3 Å². The standard InChI is InChI=1S/C23H32ClN5O/c1-15-14-20(29(4)5)27-22(25-15)26-19-12-6-16(7-13-19)21(30)28-23(2,3)17-8-10-18(24)11-9-17/h8-11,14,16,19H,6-7,12-13H2,1-5H3,(H,28,30)(H,25,26,27)/t16-,19+. The van der Waals surface area contributed by atoms with Crippen LogP contribution in [0.4, 0.5) is 11.8 Å². The van der Waals surface area contributed by atoms with Crippen LogP contribution in [0.2, 0.25) is 5.02 Å². The maximum atomic E-state index is 12.9. The van der Waals surface area contributed by atoms with Gasteiger partial charge in [0.2, 0.25) is 11.9 Å². The van der Waals surface area contributed by atoms with Gasteiger partial charge in [-0.15, -0.1) is 0 Å². The van der Waals surface area contributed by atoms with E-state index in [-0.39, 0.29) is 17.9 Å². The zero-order valence-electron chi connectivity index (χ0n) is 18.5. The van der Waals surface area contributed by atoms with Gasteiger partial charge in [0.25, 0.3) is 0 Å². The van der Waals surface area contributed by atoms with E-state index in [2.05, 4.69) is 20.6 Å². The molecule has 0 atom stereocenters. The first-order valence-corrected chi connectivity index (χ1v) is 10.9. The van der Waals surface area contributed by atoms with E-state index in [1.807, 2.05) is 70.1 Å². The summed E-state index contributed by atoms with van der Waals surface area (Å²) in [4.78, 5) is 24.0. The first-order chi connectivity index (χ1) is 14.1. The van der Waals surface area contributed by atoms with Gasteiger partial charge in [-0.1, -0.05) is 23.7 Å². The van der Waals surface area contributed by atoms with Crippen LogP contribution in [0.15, 0.2) is 30.3 Å². The lowest BCUT2D eigenvalue weighted by molar-refractivity contribution is -0.127. The van der Waals surface area contributed by atoms with Crippen molar-refractivity contribution in [2.45, 2.75) is 58.0 Å². The first-order valence-electron chi connectivity index (χ1n) is 10.5. The highest BCUT2D eigenvalue weighted by molar-refractivity contribution is 6.30. The summed E-state index contributed by atoms with van der Waals surface area (Å²) in [5.41, 5.74) is 1.55. The van der Waals surface area contributed by atoms with Crippen molar-refractivity contribution in [1.29, 1.82) is 0 Å². The van der Waals surface area contributed by atoms with E-state index >= 15 is 0 Å². The Labute approximate surface area is 184 Å². The highest BCUT2D eigenvalue weighted by atomic mass is 35.5. The Morgan fingerprint density at radius 1 is 1.10 bits per heavy atom. The fourth-order valence-electron chi connectivity index (χ4n) is 3.88. The Kier molecular flexibility index (Phi) is 6.86. The second-order valence-corrected chi connectivity index (χ2v) is 9.34. The Hall–Kier alpha value is -2.34. The second kappa shape index (κ2) is 9.21. The number of carbonyl (C=O) groups excluding carboxylic acids is 1. The average molecular weight is 430 g/mol. The molecular formula is C23H32ClN5O. The number of aromatic nitrogens is 2. The van der Waals surface area contributed by atoms with Crippen molar-refractivity contribution in [1.82, 2.24) is 15.3 Å². The van der Waals surface area contributed by atoms with Gasteiger partial charge in [-0.2, -0.15) is 4.98 Å². The van der Waals surface area contributed by atoms with Crippen LogP contribution in [0, 0.1) is 12.8 Å². The number of hydrogen-bond acceptors (Lipinski definition) is 5. The summed E-state index contributed by atoms with van der Waals surface area (Å²) in [6.07, 6.45) is 3.56. The van der Waals surface area contributed by atoms with Gasteiger partial charge in [-0.25, -0.2) is 4.98 Å². The van der Waals surface area contributed by atoms with Gasteiger partial charge >= 0.3 is 0 Å². The number of rotatable bonds is 6. The number of anilines is 2. The smallest absolute Gasteiger partial charge is 0.225 e. The lowest BCUT2D eigenvalue weighted by atomic mass is 9.84. The SMILES string of the molecule is Cc1cc(N(C)C)nc(N[C@H]2CC[C@@H](C(=O)NC(C)(C)c3ccc(Cl)cc3)CC2)n1. The quantitative estimate of drug-likeness (QED) is 0.706. The van der Waals surface area contributed by atoms with Gasteiger partial charge in [0.05, 0.1) is 5.54 Å². The van der Waals surface area contributed by atoms with Gasteiger partial charge in [-0.05, 0) is 64.2 Å². The number of nitrogens with one attached hydrogen (secondary N) is 2. The molecule has 1 aliphatic carbocycles. The molecule has 1 amide bonds. The molecule has 1 fully saturated rings. The molecule has 1 aromatic carbocycles. The molecule has 6 nitrogen and oxygen atoms in total. The van der Waals surface area contributed by atoms with Crippen molar-refractivity contribution < 1.29 is 4.79 Å². The minimum Gasteiger partial charge on any atom is -0.363 e. The molecule has 1 aliphatic rings. The van der Waals surface area contributed by atoms with Crippen molar-refractivity contribution in [3.05, 3.63) is 46.6 Å². The molecule has 1 aromatic heterocycles. The summed E-state index contributed by atoms with van der Waals surface area (Å²) in [6, 6.07) is 9.90. The van der Waals surface area contributed by atoms with Gasteiger partial charge in [0.15, 0.2) is 0 Å². The summed E-state index contributed by atoms with van der Waals surface area (Å²) in [7, 11) is 3.95. The minimum absolute atomic E-state index is 0.0328. The van der Waals surface area contributed by atoms with E-state index in [0.717, 1.165) is 42.8 Å². The van der Waals surface area contributed by atoms with Crippen LogP contribution in [0.5, 0.6) is 0 Å². The van der Waals surface area contributed by atoms with Crippen molar-refractivity contribution in [3.63, 3.8) is 0 Å². The van der Waals surface area contributed by atoms with Crippen LogP contribution in [0.3, 0.4) is 0 Å². The summed E-state index contributed by atoms with van der Waals surface area (Å²) < 4.78 is 0. The van der Waals surface area contributed by atoms with E-state index in [4.69, 9.17) is 11.6 Å². The second-order valence-electron chi connectivity index (χ2n) is 8.90. The van der Waals surface area contributed by atoms with Crippen LogP contribution in [-0.2, 0) is 10.3 Å². The Morgan fingerprint density at radius 2 is 1.73 bits per heavy atom. The van der Waals surface area contributed by atoms with E-state index in [9.17, 15) is 4.79 Å². The van der Waals surface area contributed by atoms with Crippen LogP contribution in [-0.4, -0.2) is 36.0 Å². The molecule has 0 aliphatic heterocycles. The normalized spacial score (nSPS) is 19.3. The van der Waals surface area contributed by atoms with Gasteiger partial charge in [0, 0.05) is 42.8 Å². The summed E-state index contributed by atoms with van der Waals surface area (Å²) in [5, 5.41) is 7.38. The Bertz CT molecular complexity index is 874. The molecule has 0 saturated heterocycles. The molecule has 0 bridgehead atoms.